The number of benzene rings is 1. The second kappa shape index (κ2) is 13.4. The van der Waals surface area contributed by atoms with E-state index in [1.807, 2.05) is 25.6 Å². The van der Waals surface area contributed by atoms with Crippen LogP contribution in [0, 0.1) is 5.92 Å². The lowest BCUT2D eigenvalue weighted by molar-refractivity contribution is -0.116. The van der Waals surface area contributed by atoms with Gasteiger partial charge in [0.25, 0.3) is 0 Å². The van der Waals surface area contributed by atoms with Gasteiger partial charge in [0, 0.05) is 23.1 Å². The zero-order chi connectivity index (χ0) is 23.7. The van der Waals surface area contributed by atoms with Crippen LogP contribution in [0.4, 0.5) is 0 Å². The lowest BCUT2D eigenvalue weighted by Crippen LogP contribution is -2.26. The number of aliphatic hydroxyl groups excluding tert-OH is 1. The number of rotatable bonds is 12. The van der Waals surface area contributed by atoms with Gasteiger partial charge in [-0.25, -0.2) is 0 Å². The molecule has 5 nitrogen and oxygen atoms in total. The third-order valence-electron chi connectivity index (χ3n) is 5.13. The van der Waals surface area contributed by atoms with Crippen LogP contribution in [0.3, 0.4) is 0 Å². The summed E-state index contributed by atoms with van der Waals surface area (Å²) in [6.07, 6.45) is 2.81. The number of thioether (sulfide) groups is 1. The van der Waals surface area contributed by atoms with E-state index in [0.29, 0.717) is 51.6 Å². The van der Waals surface area contributed by atoms with Crippen LogP contribution >= 0.6 is 35.0 Å². The highest BCUT2D eigenvalue weighted by molar-refractivity contribution is 7.99. The van der Waals surface area contributed by atoms with Gasteiger partial charge in [0.1, 0.15) is 18.1 Å². The van der Waals surface area contributed by atoms with Crippen molar-refractivity contribution in [2.45, 2.75) is 71.2 Å². The van der Waals surface area contributed by atoms with Crippen LogP contribution in [0.5, 0.6) is 5.75 Å². The fourth-order valence-corrected chi connectivity index (χ4v) is 5.17. The Bertz CT molecular complexity index is 843. The molecular formula is C24H33Cl2NO4S. The largest absolute Gasteiger partial charge is 0.511 e. The number of oxime groups is 1. The lowest BCUT2D eigenvalue weighted by Gasteiger charge is -2.26. The fraction of sp³-hybridized carbons (Fsp3) is 0.583. The van der Waals surface area contributed by atoms with Crippen LogP contribution in [0.2, 0.25) is 10.0 Å². The minimum atomic E-state index is -0.380. The molecule has 1 aromatic carbocycles. The molecule has 3 atom stereocenters. The molecule has 0 amide bonds. The van der Waals surface area contributed by atoms with Crippen LogP contribution in [-0.2, 0) is 9.63 Å². The first-order chi connectivity index (χ1) is 15.2. The summed E-state index contributed by atoms with van der Waals surface area (Å²) in [7, 11) is 0. The van der Waals surface area contributed by atoms with E-state index in [2.05, 4.69) is 19.0 Å². The lowest BCUT2D eigenvalue weighted by atomic mass is 9.82. The first kappa shape index (κ1) is 26.9. The highest BCUT2D eigenvalue weighted by Crippen LogP contribution is 2.33. The number of hydrogen-bond acceptors (Lipinski definition) is 6. The van der Waals surface area contributed by atoms with Crippen LogP contribution in [0.1, 0.15) is 59.8 Å². The molecule has 1 aliphatic rings. The summed E-state index contributed by atoms with van der Waals surface area (Å²) >= 11 is 13.9. The number of carbonyl (C=O) groups excluding carboxylic acids is 1. The van der Waals surface area contributed by atoms with Crippen molar-refractivity contribution in [1.29, 1.82) is 0 Å². The number of nitrogens with zero attached hydrogens (tertiary/aromatic N) is 1. The van der Waals surface area contributed by atoms with Gasteiger partial charge in [0.05, 0.1) is 16.3 Å². The third kappa shape index (κ3) is 8.20. The summed E-state index contributed by atoms with van der Waals surface area (Å²) in [5, 5.41) is 16.3. The van der Waals surface area contributed by atoms with Crippen LogP contribution in [0.25, 0.3) is 0 Å². The highest BCUT2D eigenvalue weighted by atomic mass is 35.5. The Hall–Kier alpha value is -1.37. The van der Waals surface area contributed by atoms with Crippen molar-refractivity contribution in [3.63, 3.8) is 0 Å². The van der Waals surface area contributed by atoms with E-state index in [-0.39, 0.29) is 30.2 Å². The van der Waals surface area contributed by atoms with Crippen molar-refractivity contribution < 1.29 is 19.5 Å². The van der Waals surface area contributed by atoms with Gasteiger partial charge in [-0.3, -0.25) is 4.79 Å². The molecule has 0 aliphatic heterocycles. The van der Waals surface area contributed by atoms with Gasteiger partial charge in [-0.05, 0) is 49.6 Å². The maximum Gasteiger partial charge on any atom is 0.168 e. The summed E-state index contributed by atoms with van der Waals surface area (Å²) in [6, 6.07) is 5.01. The minimum absolute atomic E-state index is 0.0555. The van der Waals surface area contributed by atoms with E-state index in [0.717, 1.165) is 18.6 Å². The molecule has 0 saturated carbocycles. The summed E-state index contributed by atoms with van der Waals surface area (Å²) < 4.78 is 5.69. The molecule has 32 heavy (non-hydrogen) atoms. The van der Waals surface area contributed by atoms with Crippen LogP contribution in [-0.4, -0.2) is 40.3 Å². The van der Waals surface area contributed by atoms with E-state index in [1.54, 1.807) is 18.2 Å². The number of ketones is 1. The first-order valence-electron chi connectivity index (χ1n) is 11.1. The van der Waals surface area contributed by atoms with Crippen LogP contribution < -0.4 is 4.74 Å². The highest BCUT2D eigenvalue weighted by Gasteiger charge is 2.31. The second-order valence-corrected chi connectivity index (χ2v) is 10.7. The Morgan fingerprint density at radius 2 is 2.03 bits per heavy atom. The molecule has 0 fully saturated rings. The molecule has 0 spiro atoms. The number of halogens is 2. The van der Waals surface area contributed by atoms with Crippen molar-refractivity contribution in [3.05, 3.63) is 39.6 Å². The summed E-state index contributed by atoms with van der Waals surface area (Å²) in [5.74, 6) is 1.80. The number of hydrogen-bond donors (Lipinski definition) is 1. The van der Waals surface area contributed by atoms with Crippen molar-refractivity contribution in [2.75, 3.05) is 12.4 Å². The molecule has 1 aromatic rings. The topological polar surface area (TPSA) is 68.1 Å². The third-order valence-corrected chi connectivity index (χ3v) is 6.75. The van der Waals surface area contributed by atoms with Crippen molar-refractivity contribution in [2.24, 2.45) is 11.1 Å². The van der Waals surface area contributed by atoms with E-state index in [4.69, 9.17) is 32.8 Å². The van der Waals surface area contributed by atoms with E-state index >= 15 is 0 Å². The number of Topliss-reactive ketones (excluding diaryl/α,β-unsaturated/α-hetero) is 1. The maximum atomic E-state index is 12.9. The van der Waals surface area contributed by atoms with Gasteiger partial charge in [-0.15, -0.1) is 0 Å². The zero-order valence-electron chi connectivity index (χ0n) is 19.2. The van der Waals surface area contributed by atoms with Gasteiger partial charge < -0.3 is 14.7 Å². The quantitative estimate of drug-likeness (QED) is 0.241. The molecule has 1 N–H and O–H groups in total. The normalized spacial score (nSPS) is 19.1. The van der Waals surface area contributed by atoms with Gasteiger partial charge in [0.2, 0.25) is 0 Å². The number of carbonyl (C=O) groups is 1. The summed E-state index contributed by atoms with van der Waals surface area (Å²) in [4.78, 5) is 18.5. The molecular weight excluding hydrogens is 469 g/mol. The predicted octanol–water partition coefficient (Wildman–Crippen LogP) is 7.26. The molecule has 0 bridgehead atoms. The molecule has 0 aromatic heterocycles. The van der Waals surface area contributed by atoms with Gasteiger partial charge in [-0.1, -0.05) is 55.5 Å². The Morgan fingerprint density at radius 1 is 1.28 bits per heavy atom. The fourth-order valence-electron chi connectivity index (χ4n) is 3.73. The molecule has 178 valence electrons. The number of ether oxygens (including phenoxy) is 1. The molecule has 0 radical (unpaired) electrons. The predicted molar refractivity (Wildman–Crippen MR) is 134 cm³/mol. The average molecular weight is 503 g/mol. The Kier molecular flexibility index (Phi) is 11.2. The van der Waals surface area contributed by atoms with E-state index in [1.165, 1.54) is 0 Å². The SMILES string of the molecule is CCCC(=NOC(C)COc1ccc(Cl)cc1Cl)C1=C(O)CC(CC(C)SCC)CC1=O. The van der Waals surface area contributed by atoms with Crippen molar-refractivity contribution >= 4 is 46.5 Å². The number of allylic oxidation sites excluding steroid dienone is 2. The molecule has 2 rings (SSSR count). The smallest absolute Gasteiger partial charge is 0.168 e. The molecule has 1 aliphatic carbocycles. The summed E-state index contributed by atoms with van der Waals surface area (Å²) in [5.41, 5.74) is 0.827. The molecule has 0 heterocycles. The first-order valence-corrected chi connectivity index (χ1v) is 12.9. The Labute approximate surface area is 205 Å². The number of aliphatic hydroxyl groups is 1. The van der Waals surface area contributed by atoms with Gasteiger partial charge in [0.15, 0.2) is 11.9 Å². The van der Waals surface area contributed by atoms with Crippen LogP contribution in [0.15, 0.2) is 34.7 Å². The molecule has 8 heteroatoms. The molecule has 3 unspecified atom stereocenters. The monoisotopic (exact) mass is 501 g/mol. The average Bonchev–Trinajstić information content (AvgIpc) is 2.71. The Balaban J connectivity index is 2.03. The zero-order valence-corrected chi connectivity index (χ0v) is 21.5. The van der Waals surface area contributed by atoms with Crippen molar-refractivity contribution in [3.8, 4) is 5.75 Å². The standard InChI is InChI=1S/C24H33Cl2NO4S/c1-5-7-20(24-21(28)11-17(12-22(24)29)10-16(4)32-6-2)27-31-15(3)14-30-23-9-8-18(25)13-19(23)26/h8-9,13,15-17,28H,5-7,10-12,14H2,1-4H3. The summed E-state index contributed by atoms with van der Waals surface area (Å²) in [6.45, 7) is 8.34. The van der Waals surface area contributed by atoms with Crippen molar-refractivity contribution in [1.82, 2.24) is 0 Å². The molecule has 0 saturated heterocycles. The van der Waals surface area contributed by atoms with E-state index in [9.17, 15) is 9.90 Å². The van der Waals surface area contributed by atoms with Gasteiger partial charge >= 0.3 is 0 Å². The Morgan fingerprint density at radius 3 is 2.66 bits per heavy atom. The maximum absolute atomic E-state index is 12.9. The second-order valence-electron chi connectivity index (χ2n) is 8.11. The minimum Gasteiger partial charge on any atom is -0.511 e. The van der Waals surface area contributed by atoms with E-state index < -0.39 is 0 Å². The van der Waals surface area contributed by atoms with Gasteiger partial charge in [-0.2, -0.15) is 11.8 Å².